The lowest BCUT2D eigenvalue weighted by atomic mass is 10.1. The van der Waals surface area contributed by atoms with Crippen molar-refractivity contribution in [3.63, 3.8) is 0 Å². The zero-order valence-corrected chi connectivity index (χ0v) is 20.0. The van der Waals surface area contributed by atoms with E-state index in [1.54, 1.807) is 0 Å². The smallest absolute Gasteiger partial charge is 0.234 e. The summed E-state index contributed by atoms with van der Waals surface area (Å²) in [6.07, 6.45) is 4.28. The number of aliphatic imine (C=N–C) groups is 2. The Labute approximate surface area is 191 Å². The average molecular weight is 535 g/mol. The molecular weight excluding hydrogens is 514 g/mol. The molecule has 1 saturated carbocycles. The van der Waals surface area contributed by atoms with Gasteiger partial charge in [0.05, 0.1) is 11.5 Å². The first-order valence-electron chi connectivity index (χ1n) is 9.59. The van der Waals surface area contributed by atoms with E-state index in [0.29, 0.717) is 5.75 Å². The number of carbonyl (C=O) groups is 1. The quantitative estimate of drug-likeness (QED) is 0.496. The summed E-state index contributed by atoms with van der Waals surface area (Å²) in [4.78, 5) is 22.5. The Morgan fingerprint density at radius 1 is 1.10 bits per heavy atom. The molecule has 0 saturated heterocycles. The molecule has 2 aliphatic rings. The van der Waals surface area contributed by atoms with Crippen molar-refractivity contribution in [1.82, 2.24) is 0 Å². The first kappa shape index (κ1) is 20.8. The molecule has 0 radical (unpaired) electrons. The van der Waals surface area contributed by atoms with Crippen LogP contribution in [0.4, 0.5) is 5.69 Å². The van der Waals surface area contributed by atoms with Crippen LogP contribution in [-0.4, -0.2) is 28.1 Å². The summed E-state index contributed by atoms with van der Waals surface area (Å²) in [5, 5.41) is 3.85. The monoisotopic (exact) mass is 533 g/mol. The zero-order chi connectivity index (χ0) is 20.4. The van der Waals surface area contributed by atoms with Crippen LogP contribution >= 0.6 is 43.6 Å². The van der Waals surface area contributed by atoms with Gasteiger partial charge in [-0.1, -0.05) is 55.8 Å². The van der Waals surface area contributed by atoms with E-state index in [1.807, 2.05) is 37.3 Å². The van der Waals surface area contributed by atoms with Gasteiger partial charge in [0.15, 0.2) is 5.66 Å². The molecule has 1 N–H and O–H groups in total. The highest BCUT2D eigenvalue weighted by Gasteiger charge is 2.39. The number of halogens is 2. The van der Waals surface area contributed by atoms with Crippen LogP contribution < -0.4 is 5.32 Å². The second-order valence-corrected chi connectivity index (χ2v) is 10.1. The largest absolute Gasteiger partial charge is 0.325 e. The van der Waals surface area contributed by atoms with Gasteiger partial charge in [0.1, 0.15) is 5.04 Å². The number of rotatable bonds is 4. The van der Waals surface area contributed by atoms with E-state index in [0.717, 1.165) is 62.2 Å². The van der Waals surface area contributed by atoms with Crippen molar-refractivity contribution in [3.05, 3.63) is 62.5 Å². The summed E-state index contributed by atoms with van der Waals surface area (Å²) in [5.41, 5.74) is 3.54. The average Bonchev–Trinajstić information content (AvgIpc) is 3.31. The topological polar surface area (TPSA) is 53.8 Å². The lowest BCUT2D eigenvalue weighted by Crippen LogP contribution is -2.17. The van der Waals surface area contributed by atoms with Crippen molar-refractivity contribution >= 4 is 66.0 Å². The summed E-state index contributed by atoms with van der Waals surface area (Å²) in [7, 11) is 0. The SMILES string of the molecule is Cc1cc(NC(=O)CSC2=NC3(CCCC3)N=C2c2ccc(Br)cc2)ccc1Br. The van der Waals surface area contributed by atoms with E-state index in [9.17, 15) is 4.79 Å². The maximum Gasteiger partial charge on any atom is 0.234 e. The number of carbonyl (C=O) groups excluding carboxylic acids is 1. The molecule has 1 spiro atoms. The van der Waals surface area contributed by atoms with Crippen molar-refractivity contribution in [2.75, 3.05) is 11.1 Å². The maximum atomic E-state index is 12.5. The Kier molecular flexibility index (Phi) is 6.27. The van der Waals surface area contributed by atoms with E-state index in [-0.39, 0.29) is 11.6 Å². The second kappa shape index (κ2) is 8.74. The van der Waals surface area contributed by atoms with Crippen molar-refractivity contribution in [2.45, 2.75) is 38.3 Å². The first-order valence-corrected chi connectivity index (χ1v) is 12.2. The van der Waals surface area contributed by atoms with Crippen molar-refractivity contribution in [3.8, 4) is 0 Å². The van der Waals surface area contributed by atoms with Crippen LogP contribution in [0.15, 0.2) is 61.4 Å². The van der Waals surface area contributed by atoms with Crippen LogP contribution in [0.25, 0.3) is 0 Å². The molecule has 4 rings (SSSR count). The van der Waals surface area contributed by atoms with Gasteiger partial charge in [-0.2, -0.15) is 0 Å². The van der Waals surface area contributed by atoms with Gasteiger partial charge in [-0.25, -0.2) is 4.99 Å². The van der Waals surface area contributed by atoms with Crippen molar-refractivity contribution in [2.24, 2.45) is 9.98 Å². The van der Waals surface area contributed by atoms with Crippen molar-refractivity contribution in [1.29, 1.82) is 0 Å². The van der Waals surface area contributed by atoms with Gasteiger partial charge in [-0.05, 0) is 68.5 Å². The minimum absolute atomic E-state index is 0.0399. The fraction of sp³-hybridized carbons (Fsp3) is 0.318. The summed E-state index contributed by atoms with van der Waals surface area (Å²) in [6.45, 7) is 2.00. The van der Waals surface area contributed by atoms with Crippen LogP contribution in [-0.2, 0) is 4.79 Å². The molecule has 7 heteroatoms. The fourth-order valence-corrected chi connectivity index (χ4v) is 5.02. The molecule has 0 bridgehead atoms. The molecule has 1 fully saturated rings. The summed E-state index contributed by atoms with van der Waals surface area (Å²) >= 11 is 8.45. The molecule has 0 atom stereocenters. The van der Waals surface area contributed by atoms with Crippen LogP contribution in [0.2, 0.25) is 0 Å². The number of nitrogens with zero attached hydrogens (tertiary/aromatic N) is 2. The third-order valence-corrected chi connectivity index (χ3v) is 7.52. The van der Waals surface area contributed by atoms with E-state index in [1.165, 1.54) is 11.8 Å². The van der Waals surface area contributed by atoms with Crippen molar-refractivity contribution < 1.29 is 4.79 Å². The number of anilines is 1. The van der Waals surface area contributed by atoms with Gasteiger partial charge in [0.2, 0.25) is 5.91 Å². The third kappa shape index (κ3) is 4.84. The van der Waals surface area contributed by atoms with E-state index >= 15 is 0 Å². The molecule has 29 heavy (non-hydrogen) atoms. The standard InChI is InChI=1S/C22H21Br2N3OS/c1-14-12-17(8-9-18(14)24)25-19(28)13-29-21-20(15-4-6-16(23)7-5-15)26-22(27-21)10-2-3-11-22/h4-9,12H,2-3,10-11,13H2,1H3,(H,25,28). The molecule has 2 aromatic carbocycles. The molecule has 2 aromatic rings. The van der Waals surface area contributed by atoms with Gasteiger partial charge in [-0.3, -0.25) is 9.79 Å². The predicted octanol–water partition coefficient (Wildman–Crippen LogP) is 6.36. The fourth-order valence-electron chi connectivity index (χ4n) is 3.64. The Bertz CT molecular complexity index is 996. The minimum Gasteiger partial charge on any atom is -0.325 e. The molecular formula is C22H21Br2N3OS. The van der Waals surface area contributed by atoms with Gasteiger partial charge < -0.3 is 5.32 Å². The first-order chi connectivity index (χ1) is 13.9. The number of aryl methyl sites for hydroxylation is 1. The molecule has 1 aliphatic carbocycles. The highest BCUT2D eigenvalue weighted by atomic mass is 79.9. The molecule has 0 unspecified atom stereocenters. The Morgan fingerprint density at radius 3 is 2.52 bits per heavy atom. The summed E-state index contributed by atoms with van der Waals surface area (Å²) in [5.74, 6) is 0.265. The predicted molar refractivity (Wildman–Crippen MR) is 129 cm³/mol. The molecule has 1 aliphatic heterocycles. The Morgan fingerprint density at radius 2 is 1.83 bits per heavy atom. The third-order valence-electron chi connectivity index (χ3n) is 5.14. The molecule has 1 amide bonds. The Hall–Kier alpha value is -1.44. The number of benzene rings is 2. The van der Waals surface area contributed by atoms with Crippen LogP contribution in [0.3, 0.4) is 0 Å². The van der Waals surface area contributed by atoms with Gasteiger partial charge in [-0.15, -0.1) is 0 Å². The highest BCUT2D eigenvalue weighted by molar-refractivity contribution is 9.10. The Balaban J connectivity index is 1.48. The lowest BCUT2D eigenvalue weighted by molar-refractivity contribution is -0.113. The van der Waals surface area contributed by atoms with Gasteiger partial charge in [0, 0.05) is 20.2 Å². The van der Waals surface area contributed by atoms with Crippen LogP contribution in [0.1, 0.15) is 36.8 Å². The zero-order valence-electron chi connectivity index (χ0n) is 16.0. The molecule has 150 valence electrons. The number of hydrogen-bond donors (Lipinski definition) is 1. The van der Waals surface area contributed by atoms with E-state index in [2.05, 4.69) is 49.3 Å². The van der Waals surface area contributed by atoms with E-state index < -0.39 is 0 Å². The van der Waals surface area contributed by atoms with E-state index in [4.69, 9.17) is 9.98 Å². The highest BCUT2D eigenvalue weighted by Crippen LogP contribution is 2.40. The van der Waals surface area contributed by atoms with Crippen LogP contribution in [0.5, 0.6) is 0 Å². The number of hydrogen-bond acceptors (Lipinski definition) is 4. The normalized spacial score (nSPS) is 17.3. The second-order valence-electron chi connectivity index (χ2n) is 7.37. The summed E-state index contributed by atoms with van der Waals surface area (Å²) < 4.78 is 2.06. The van der Waals surface area contributed by atoms with Gasteiger partial charge >= 0.3 is 0 Å². The molecule has 4 nitrogen and oxygen atoms in total. The number of nitrogens with one attached hydrogen (secondary N) is 1. The minimum atomic E-state index is -0.315. The maximum absolute atomic E-state index is 12.5. The van der Waals surface area contributed by atoms with Crippen LogP contribution in [0, 0.1) is 6.92 Å². The molecule has 0 aromatic heterocycles. The number of amides is 1. The lowest BCUT2D eigenvalue weighted by Gasteiger charge is -2.14. The molecule has 1 heterocycles. The van der Waals surface area contributed by atoms with Gasteiger partial charge in [0.25, 0.3) is 0 Å². The number of thioether (sulfide) groups is 1. The summed E-state index contributed by atoms with van der Waals surface area (Å²) in [6, 6.07) is 13.9.